The van der Waals surface area contributed by atoms with Gasteiger partial charge in [-0.2, -0.15) is 0 Å². The van der Waals surface area contributed by atoms with Crippen LogP contribution in [0.5, 0.6) is 5.75 Å². The number of piperidine rings is 1. The van der Waals surface area contributed by atoms with E-state index in [1.165, 1.54) is 18.2 Å². The van der Waals surface area contributed by atoms with E-state index in [2.05, 4.69) is 32.4 Å². The van der Waals surface area contributed by atoms with Gasteiger partial charge in [0.15, 0.2) is 0 Å². The number of fused-ring (bicyclic) bond motifs is 1. The smallest absolute Gasteiger partial charge is 0.407 e. The van der Waals surface area contributed by atoms with Crippen molar-refractivity contribution in [1.29, 1.82) is 0 Å². The zero-order valence-electron chi connectivity index (χ0n) is 37.5. The number of nitrogens with one attached hydrogen (secondary N) is 4. The number of ether oxygens (including phenoxy) is 1. The number of phenolic OH excluding ortho intramolecular Hbond substituents is 1. The topological polar surface area (TPSA) is 176 Å². The number of benzene rings is 4. The van der Waals surface area contributed by atoms with Crippen molar-refractivity contribution in [3.8, 4) is 5.75 Å². The van der Waals surface area contributed by atoms with E-state index in [9.17, 15) is 33.8 Å². The number of nitrogens with zero attached hydrogens (tertiary/aromatic N) is 2. The van der Waals surface area contributed by atoms with E-state index < -0.39 is 18.0 Å². The summed E-state index contributed by atoms with van der Waals surface area (Å²) in [5.41, 5.74) is 5.05. The van der Waals surface area contributed by atoms with Crippen molar-refractivity contribution < 1.29 is 33.7 Å². The van der Waals surface area contributed by atoms with Gasteiger partial charge in [0.2, 0.25) is 17.4 Å². The van der Waals surface area contributed by atoms with Crippen LogP contribution in [-0.4, -0.2) is 89.9 Å². The molecule has 1 aliphatic heterocycles. The Morgan fingerprint density at radius 3 is 2.47 bits per heavy atom. The molecule has 1 aliphatic rings. The molecule has 13 nitrogen and oxygen atoms in total. The number of carbonyl (C=O) groups excluding carboxylic acids is 3. The lowest BCUT2D eigenvalue weighted by Crippen LogP contribution is -2.41. The highest BCUT2D eigenvalue weighted by atomic mass is 19.1. The van der Waals surface area contributed by atoms with Crippen LogP contribution in [0.25, 0.3) is 16.5 Å². The third-order valence-electron chi connectivity index (χ3n) is 11.6. The number of aromatic nitrogens is 1. The molecule has 2 heterocycles. The first-order valence-electron chi connectivity index (χ1n) is 22.2. The van der Waals surface area contributed by atoms with Gasteiger partial charge in [0.25, 0.3) is 0 Å². The molecular weight excluding hydrogens is 840 g/mol. The quantitative estimate of drug-likeness (QED) is 0.0457. The van der Waals surface area contributed by atoms with Crippen LogP contribution < -0.4 is 26.4 Å². The molecule has 346 valence electrons. The minimum Gasteiger partial charge on any atom is -0.506 e. The number of aliphatic hydroxyl groups excluding tert-OH is 1. The van der Waals surface area contributed by atoms with Crippen LogP contribution in [0.3, 0.4) is 0 Å². The maximum atomic E-state index is 14.9. The van der Waals surface area contributed by atoms with Crippen LogP contribution in [0.1, 0.15) is 60.1 Å². The summed E-state index contributed by atoms with van der Waals surface area (Å²) in [5, 5.41) is 30.5. The molecule has 6 N–H and O–H groups in total. The Labute approximate surface area is 384 Å². The normalized spacial score (nSPS) is 14.3. The SMILES string of the molecule is C=C(/C=C\C=C/CNC(=O)OC1CCN(CCC(=O)N(C)c2ccc(CNC(=O)Cc3ccc(F)c(CC(C)NC[C@H](O)c4ccc(O)c5[nH]c(=O)ccc45)c3)cc2)CC1)c1ccccc1. The first-order valence-corrected chi connectivity index (χ1v) is 22.2. The lowest BCUT2D eigenvalue weighted by molar-refractivity contribution is -0.120. The molecule has 0 aliphatic carbocycles. The predicted molar refractivity (Wildman–Crippen MR) is 256 cm³/mol. The van der Waals surface area contributed by atoms with Crippen molar-refractivity contribution in [2.45, 2.75) is 63.8 Å². The van der Waals surface area contributed by atoms with Crippen molar-refractivity contribution in [2.24, 2.45) is 0 Å². The third kappa shape index (κ3) is 14.3. The van der Waals surface area contributed by atoms with E-state index in [0.29, 0.717) is 60.8 Å². The standard InChI is InChI=1S/C52H59FN6O7/c1-35(39-11-7-4-8-12-39)10-6-5-9-26-54-52(65)66-42-23-27-59(28-24-42)29-25-50(64)58(3)41-16-13-37(14-17-41)33-56-49(63)32-38-15-20-45(53)40(31-38)30-36(2)55-34-47(61)43-18-21-46(60)51-44(43)19-22-48(62)57-51/h4-22,31,36,42,47,55,60-61H,1,23-30,32-34H2,2-3H3,(H,54,65)(H,56,63)(H,57,62)/b9-5-,10-6-/t36?,47-/m0/s1. The van der Waals surface area contributed by atoms with Crippen molar-refractivity contribution in [1.82, 2.24) is 25.8 Å². The molecular formula is C52H59FN6O7. The maximum Gasteiger partial charge on any atom is 0.407 e. The van der Waals surface area contributed by atoms with E-state index in [1.807, 2.05) is 85.8 Å². The second kappa shape index (κ2) is 23.9. The highest BCUT2D eigenvalue weighted by Gasteiger charge is 2.23. The number of rotatable bonds is 20. The maximum absolute atomic E-state index is 14.9. The third-order valence-corrected chi connectivity index (χ3v) is 11.6. The molecule has 3 amide bonds. The Balaban J connectivity index is 0.855. The number of alkyl carbamates (subject to hydrolysis) is 1. The lowest BCUT2D eigenvalue weighted by Gasteiger charge is -2.31. The molecule has 0 saturated carbocycles. The van der Waals surface area contributed by atoms with Crippen LogP contribution in [-0.2, 0) is 33.7 Å². The molecule has 4 aromatic carbocycles. The van der Waals surface area contributed by atoms with Gasteiger partial charge in [0, 0.05) is 75.9 Å². The van der Waals surface area contributed by atoms with Crippen molar-refractivity contribution >= 4 is 40.1 Å². The average Bonchev–Trinajstić information content (AvgIpc) is 3.32. The molecule has 66 heavy (non-hydrogen) atoms. The molecule has 0 radical (unpaired) electrons. The largest absolute Gasteiger partial charge is 0.506 e. The number of aliphatic hydroxyl groups is 1. The van der Waals surface area contributed by atoms with Crippen LogP contribution in [0.15, 0.2) is 133 Å². The summed E-state index contributed by atoms with van der Waals surface area (Å²) >= 11 is 0. The molecule has 2 atom stereocenters. The van der Waals surface area contributed by atoms with Gasteiger partial charge in [-0.15, -0.1) is 0 Å². The number of hydrogen-bond acceptors (Lipinski definition) is 9. The van der Waals surface area contributed by atoms with E-state index >= 15 is 0 Å². The minimum absolute atomic E-state index is 0.0232. The fraction of sp³-hybridized carbons (Fsp3) is 0.308. The van der Waals surface area contributed by atoms with Crippen molar-refractivity contribution in [3.63, 3.8) is 0 Å². The Hall–Kier alpha value is -6.87. The highest BCUT2D eigenvalue weighted by Crippen LogP contribution is 2.29. The highest BCUT2D eigenvalue weighted by molar-refractivity contribution is 5.93. The summed E-state index contributed by atoms with van der Waals surface area (Å²) in [5.74, 6) is -0.736. The van der Waals surface area contributed by atoms with Gasteiger partial charge in [-0.25, -0.2) is 9.18 Å². The first kappa shape index (κ1) is 48.6. The second-order valence-corrected chi connectivity index (χ2v) is 16.6. The molecule has 1 unspecified atom stereocenters. The molecule has 6 rings (SSSR count). The summed E-state index contributed by atoms with van der Waals surface area (Å²) in [4.78, 5) is 56.5. The monoisotopic (exact) mass is 898 g/mol. The first-order chi connectivity index (χ1) is 31.8. The number of aromatic amines is 1. The van der Waals surface area contributed by atoms with Crippen LogP contribution in [0.4, 0.5) is 14.9 Å². The lowest BCUT2D eigenvalue weighted by atomic mass is 10.0. The van der Waals surface area contributed by atoms with Gasteiger partial charge in [-0.1, -0.05) is 91.5 Å². The number of anilines is 1. The van der Waals surface area contributed by atoms with Crippen molar-refractivity contribution in [2.75, 3.05) is 44.7 Å². The summed E-state index contributed by atoms with van der Waals surface area (Å²) in [6.07, 6.45) is 8.01. The second-order valence-electron chi connectivity index (χ2n) is 16.6. The number of H-pyrrole nitrogens is 1. The predicted octanol–water partition coefficient (Wildman–Crippen LogP) is 6.86. The number of phenols is 1. The molecule has 1 saturated heterocycles. The Kier molecular flexibility index (Phi) is 17.6. The number of likely N-dealkylation sites (tertiary alicyclic amines) is 1. The number of amides is 3. The summed E-state index contributed by atoms with van der Waals surface area (Å²) in [6, 6.07) is 27.6. The van der Waals surface area contributed by atoms with Crippen LogP contribution in [0, 0.1) is 5.82 Å². The van der Waals surface area contributed by atoms with E-state index in [0.717, 1.165) is 35.5 Å². The van der Waals surface area contributed by atoms with E-state index in [1.54, 1.807) is 36.2 Å². The fourth-order valence-electron chi connectivity index (χ4n) is 7.77. The molecule has 0 spiro atoms. The number of allylic oxidation sites excluding steroid dienone is 4. The van der Waals surface area contributed by atoms with Crippen molar-refractivity contribution in [3.05, 3.63) is 172 Å². The molecule has 1 aromatic heterocycles. The number of pyridine rings is 1. The Morgan fingerprint density at radius 1 is 0.970 bits per heavy atom. The summed E-state index contributed by atoms with van der Waals surface area (Å²) in [6.45, 7) is 8.76. The zero-order chi connectivity index (χ0) is 47.0. The van der Waals surface area contributed by atoms with E-state index in [4.69, 9.17) is 4.74 Å². The average molecular weight is 899 g/mol. The summed E-state index contributed by atoms with van der Waals surface area (Å²) < 4.78 is 20.5. The van der Waals surface area contributed by atoms with Gasteiger partial charge < -0.3 is 45.7 Å². The number of halogens is 1. The van der Waals surface area contributed by atoms with Gasteiger partial charge in [-0.05, 0) is 89.9 Å². The summed E-state index contributed by atoms with van der Waals surface area (Å²) in [7, 11) is 1.74. The van der Waals surface area contributed by atoms with Gasteiger partial charge in [0.1, 0.15) is 17.7 Å². The Bertz CT molecular complexity index is 2570. The van der Waals surface area contributed by atoms with Crippen LogP contribution in [0.2, 0.25) is 0 Å². The number of hydrogen-bond donors (Lipinski definition) is 6. The van der Waals surface area contributed by atoms with Gasteiger partial charge in [-0.3, -0.25) is 14.4 Å². The molecule has 14 heteroatoms. The minimum atomic E-state index is -0.960. The van der Waals surface area contributed by atoms with Crippen LogP contribution >= 0.6 is 0 Å². The van der Waals surface area contributed by atoms with Gasteiger partial charge in [0.05, 0.1) is 18.0 Å². The zero-order valence-corrected chi connectivity index (χ0v) is 37.5. The van der Waals surface area contributed by atoms with Gasteiger partial charge >= 0.3 is 6.09 Å². The molecule has 1 fully saturated rings. The number of carbonyl (C=O) groups is 3. The van der Waals surface area contributed by atoms with E-state index in [-0.39, 0.29) is 60.3 Å². The number of aromatic hydroxyl groups is 1. The molecule has 5 aromatic rings. The fourth-order valence-corrected chi connectivity index (χ4v) is 7.77. The molecule has 0 bridgehead atoms. The Morgan fingerprint density at radius 2 is 1.71 bits per heavy atom.